The van der Waals surface area contributed by atoms with Crippen molar-refractivity contribution < 1.29 is 23.4 Å². The Morgan fingerprint density at radius 2 is 1.94 bits per heavy atom. The Morgan fingerprint density at radius 3 is 2.53 bits per heavy atom. The Labute approximate surface area is 98.0 Å². The maximum absolute atomic E-state index is 13.4. The second-order valence-corrected chi connectivity index (χ2v) is 4.12. The topological polar surface area (TPSA) is 38.7 Å². The van der Waals surface area contributed by atoms with Crippen LogP contribution >= 0.6 is 0 Å². The van der Waals surface area contributed by atoms with Gasteiger partial charge in [-0.25, -0.2) is 4.39 Å². The molecule has 0 radical (unpaired) electrons. The van der Waals surface area contributed by atoms with Gasteiger partial charge in [0, 0.05) is 26.1 Å². The highest BCUT2D eigenvalue weighted by Gasteiger charge is 2.33. The van der Waals surface area contributed by atoms with Gasteiger partial charge in [0.25, 0.3) is 0 Å². The lowest BCUT2D eigenvalue weighted by Gasteiger charge is -2.32. The van der Waals surface area contributed by atoms with E-state index >= 15 is 0 Å². The molecule has 0 saturated carbocycles. The van der Waals surface area contributed by atoms with Crippen LogP contribution < -0.4 is 4.74 Å². The average Bonchev–Trinajstić information content (AvgIpc) is 2.33. The summed E-state index contributed by atoms with van der Waals surface area (Å²) in [4.78, 5) is 0. The molecule has 0 unspecified atom stereocenters. The highest BCUT2D eigenvalue weighted by Crippen LogP contribution is 2.35. The zero-order valence-electron chi connectivity index (χ0n) is 9.50. The van der Waals surface area contributed by atoms with Crippen LogP contribution in [0.15, 0.2) is 12.1 Å². The van der Waals surface area contributed by atoms with E-state index in [9.17, 15) is 13.9 Å². The van der Waals surface area contributed by atoms with Crippen molar-refractivity contribution in [1.82, 2.24) is 0 Å². The van der Waals surface area contributed by atoms with E-state index in [0.717, 1.165) is 6.07 Å². The maximum Gasteiger partial charge on any atom is 0.200 e. The zero-order valence-corrected chi connectivity index (χ0v) is 9.50. The Bertz CT molecular complexity index is 414. The molecule has 0 atom stereocenters. The molecule has 2 rings (SSSR count). The first kappa shape index (κ1) is 12.3. The minimum Gasteiger partial charge on any atom is -0.494 e. The lowest BCUT2D eigenvalue weighted by Crippen LogP contribution is -2.33. The SMILES string of the molecule is COc1cc(C2(O)CCOCC2)cc(F)c1F. The summed E-state index contributed by atoms with van der Waals surface area (Å²) >= 11 is 0. The number of hydrogen-bond donors (Lipinski definition) is 1. The summed E-state index contributed by atoms with van der Waals surface area (Å²) in [6, 6.07) is 2.35. The Hall–Kier alpha value is -1.20. The molecule has 17 heavy (non-hydrogen) atoms. The van der Waals surface area contributed by atoms with E-state index in [0.29, 0.717) is 31.6 Å². The third-order valence-electron chi connectivity index (χ3n) is 3.07. The molecule has 5 heteroatoms. The van der Waals surface area contributed by atoms with Gasteiger partial charge >= 0.3 is 0 Å². The van der Waals surface area contributed by atoms with Crippen molar-refractivity contribution in [3.05, 3.63) is 29.3 Å². The fraction of sp³-hybridized carbons (Fsp3) is 0.500. The van der Waals surface area contributed by atoms with Gasteiger partial charge in [0.15, 0.2) is 11.6 Å². The van der Waals surface area contributed by atoms with Crippen molar-refractivity contribution in [2.45, 2.75) is 18.4 Å². The van der Waals surface area contributed by atoms with Gasteiger partial charge in [0.05, 0.1) is 12.7 Å². The highest BCUT2D eigenvalue weighted by molar-refractivity contribution is 5.35. The van der Waals surface area contributed by atoms with Crippen LogP contribution in [0.5, 0.6) is 5.75 Å². The van der Waals surface area contributed by atoms with E-state index in [2.05, 4.69) is 0 Å². The largest absolute Gasteiger partial charge is 0.494 e. The molecule has 1 aromatic rings. The first-order chi connectivity index (χ1) is 8.07. The molecule has 1 fully saturated rings. The van der Waals surface area contributed by atoms with E-state index in [1.54, 1.807) is 0 Å². The Morgan fingerprint density at radius 1 is 1.29 bits per heavy atom. The number of methoxy groups -OCH3 is 1. The molecular formula is C12H14F2O3. The van der Waals surface area contributed by atoms with Crippen molar-refractivity contribution in [3.8, 4) is 5.75 Å². The molecule has 0 aromatic heterocycles. The molecule has 3 nitrogen and oxygen atoms in total. The molecule has 0 amide bonds. The summed E-state index contributed by atoms with van der Waals surface area (Å²) in [5, 5.41) is 10.4. The molecule has 0 spiro atoms. The van der Waals surface area contributed by atoms with Gasteiger partial charge in [-0.3, -0.25) is 0 Å². The van der Waals surface area contributed by atoms with Crippen molar-refractivity contribution in [2.75, 3.05) is 20.3 Å². The van der Waals surface area contributed by atoms with Crippen molar-refractivity contribution in [2.24, 2.45) is 0 Å². The summed E-state index contributed by atoms with van der Waals surface area (Å²) in [5.41, 5.74) is -0.836. The van der Waals surface area contributed by atoms with Crippen LogP contribution in [0.25, 0.3) is 0 Å². The minimum atomic E-state index is -1.17. The molecular weight excluding hydrogens is 230 g/mol. The maximum atomic E-state index is 13.4. The smallest absolute Gasteiger partial charge is 0.200 e. The summed E-state index contributed by atoms with van der Waals surface area (Å²) in [6.45, 7) is 0.801. The third kappa shape index (κ3) is 2.25. The van der Waals surface area contributed by atoms with Crippen molar-refractivity contribution >= 4 is 0 Å². The molecule has 94 valence electrons. The first-order valence-corrected chi connectivity index (χ1v) is 5.40. The molecule has 1 aromatic carbocycles. The molecule has 0 aliphatic carbocycles. The second-order valence-electron chi connectivity index (χ2n) is 4.12. The van der Waals surface area contributed by atoms with Crippen LogP contribution in [0.3, 0.4) is 0 Å². The monoisotopic (exact) mass is 244 g/mol. The van der Waals surface area contributed by atoms with Gasteiger partial charge in [-0.15, -0.1) is 0 Å². The lowest BCUT2D eigenvalue weighted by atomic mass is 9.86. The Balaban J connectivity index is 2.41. The fourth-order valence-electron chi connectivity index (χ4n) is 1.98. The van der Waals surface area contributed by atoms with E-state index in [1.807, 2.05) is 0 Å². The molecule has 1 saturated heterocycles. The number of halogens is 2. The number of ether oxygens (including phenoxy) is 2. The predicted molar refractivity (Wildman–Crippen MR) is 56.9 cm³/mol. The predicted octanol–water partition coefficient (Wildman–Crippen LogP) is 1.97. The first-order valence-electron chi connectivity index (χ1n) is 5.40. The second kappa shape index (κ2) is 4.58. The quantitative estimate of drug-likeness (QED) is 0.864. The van der Waals surface area contributed by atoms with E-state index in [-0.39, 0.29) is 5.75 Å². The standard InChI is InChI=1S/C12H14F2O3/c1-16-10-7-8(6-9(13)11(10)14)12(15)2-4-17-5-3-12/h6-7,15H,2-5H2,1H3. The van der Waals surface area contributed by atoms with Gasteiger partial charge in [-0.2, -0.15) is 4.39 Å². The van der Waals surface area contributed by atoms with Gasteiger partial charge in [-0.05, 0) is 17.7 Å². The zero-order chi connectivity index (χ0) is 12.5. The van der Waals surface area contributed by atoms with Crippen molar-refractivity contribution in [3.63, 3.8) is 0 Å². The van der Waals surface area contributed by atoms with Crippen LogP contribution in [0.2, 0.25) is 0 Å². The van der Waals surface area contributed by atoms with Crippen LogP contribution in [-0.2, 0) is 10.3 Å². The molecule has 1 N–H and O–H groups in total. The number of rotatable bonds is 2. The molecule has 1 aliphatic rings. The molecule has 1 heterocycles. The summed E-state index contributed by atoms with van der Waals surface area (Å²) in [5.74, 6) is -2.24. The van der Waals surface area contributed by atoms with E-state index in [4.69, 9.17) is 9.47 Å². The van der Waals surface area contributed by atoms with Crippen LogP contribution in [-0.4, -0.2) is 25.4 Å². The minimum absolute atomic E-state index is 0.195. The average molecular weight is 244 g/mol. The number of hydrogen-bond acceptors (Lipinski definition) is 3. The summed E-state index contributed by atoms with van der Waals surface area (Å²) in [7, 11) is 1.26. The number of benzene rings is 1. The van der Waals surface area contributed by atoms with Crippen molar-refractivity contribution in [1.29, 1.82) is 0 Å². The molecule has 0 bridgehead atoms. The fourth-order valence-corrected chi connectivity index (χ4v) is 1.98. The third-order valence-corrected chi connectivity index (χ3v) is 3.07. The van der Waals surface area contributed by atoms with Gasteiger partial charge < -0.3 is 14.6 Å². The molecule has 1 aliphatic heterocycles. The van der Waals surface area contributed by atoms with E-state index in [1.165, 1.54) is 13.2 Å². The summed E-state index contributed by atoms with van der Waals surface area (Å²) in [6.07, 6.45) is 0.725. The normalized spacial score (nSPS) is 19.1. The van der Waals surface area contributed by atoms with Gasteiger partial charge in [0.1, 0.15) is 0 Å². The van der Waals surface area contributed by atoms with Crippen LogP contribution in [0.1, 0.15) is 18.4 Å². The lowest BCUT2D eigenvalue weighted by molar-refractivity contribution is -0.0682. The highest BCUT2D eigenvalue weighted by atomic mass is 19.2. The summed E-state index contributed by atoms with van der Waals surface area (Å²) < 4.78 is 36.5. The van der Waals surface area contributed by atoms with Crippen LogP contribution in [0, 0.1) is 11.6 Å². The van der Waals surface area contributed by atoms with E-state index < -0.39 is 17.2 Å². The Kier molecular flexibility index (Phi) is 3.31. The van der Waals surface area contributed by atoms with Gasteiger partial charge in [-0.1, -0.05) is 0 Å². The van der Waals surface area contributed by atoms with Gasteiger partial charge in [0.2, 0.25) is 5.82 Å². The van der Waals surface area contributed by atoms with Crippen LogP contribution in [0.4, 0.5) is 8.78 Å². The number of aliphatic hydroxyl groups is 1.